The van der Waals surface area contributed by atoms with Crippen LogP contribution < -0.4 is 5.32 Å². The van der Waals surface area contributed by atoms with Crippen molar-refractivity contribution in [3.8, 4) is 0 Å². The lowest BCUT2D eigenvalue weighted by Crippen LogP contribution is -2.60. The van der Waals surface area contributed by atoms with E-state index >= 15 is 0 Å². The summed E-state index contributed by atoms with van der Waals surface area (Å²) in [5.74, 6) is -0.0868. The second-order valence-corrected chi connectivity index (χ2v) is 14.6. The molecule has 1 saturated heterocycles. The first-order chi connectivity index (χ1) is 24.4. The predicted molar refractivity (Wildman–Crippen MR) is 203 cm³/mol. The lowest BCUT2D eigenvalue weighted by molar-refractivity contribution is -0.302. The van der Waals surface area contributed by atoms with E-state index in [9.17, 15) is 25.2 Å². The van der Waals surface area contributed by atoms with Gasteiger partial charge in [-0.1, -0.05) is 167 Å². The molecular weight excluding hydrogens is 634 g/mol. The van der Waals surface area contributed by atoms with Crippen LogP contribution in [0, 0.1) is 0 Å². The number of nitrogens with one attached hydrogen (secondary N) is 1. The van der Waals surface area contributed by atoms with E-state index in [4.69, 9.17) is 14.2 Å². The Morgan fingerprint density at radius 2 is 1.14 bits per heavy atom. The highest BCUT2D eigenvalue weighted by molar-refractivity contribution is 5.76. The molecule has 1 rings (SSSR count). The van der Waals surface area contributed by atoms with Crippen LogP contribution in [0.4, 0.5) is 0 Å². The highest BCUT2D eigenvalue weighted by Crippen LogP contribution is 2.23. The Kier molecular flexibility index (Phi) is 30.6. The molecule has 9 heteroatoms. The number of allylic oxidation sites excluding steroid dienone is 1. The van der Waals surface area contributed by atoms with E-state index in [1.807, 2.05) is 6.08 Å². The van der Waals surface area contributed by atoms with Crippen molar-refractivity contribution in [1.82, 2.24) is 5.32 Å². The van der Waals surface area contributed by atoms with Crippen molar-refractivity contribution in [2.24, 2.45) is 0 Å². The number of rotatable bonds is 34. The normalized spacial score (nSPS) is 22.3. The van der Waals surface area contributed by atoms with Crippen molar-refractivity contribution >= 4 is 5.91 Å². The summed E-state index contributed by atoms with van der Waals surface area (Å²) >= 11 is 0. The van der Waals surface area contributed by atoms with E-state index in [1.54, 1.807) is 7.11 Å². The Labute approximate surface area is 306 Å². The molecule has 0 aromatic carbocycles. The number of hydrogen-bond donors (Lipinski definition) is 5. The van der Waals surface area contributed by atoms with Crippen LogP contribution in [0.3, 0.4) is 0 Å². The number of carbonyl (C=O) groups excluding carboxylic acids is 1. The van der Waals surface area contributed by atoms with Crippen LogP contribution in [0.15, 0.2) is 12.2 Å². The van der Waals surface area contributed by atoms with Gasteiger partial charge in [-0.15, -0.1) is 0 Å². The second-order valence-electron chi connectivity index (χ2n) is 14.6. The molecule has 1 aliphatic rings. The Hall–Kier alpha value is -1.07. The molecule has 0 aliphatic carbocycles. The van der Waals surface area contributed by atoms with E-state index in [2.05, 4.69) is 25.2 Å². The largest absolute Gasteiger partial charge is 0.394 e. The average Bonchev–Trinajstić information content (AvgIpc) is 3.12. The summed E-state index contributed by atoms with van der Waals surface area (Å²) in [5.41, 5.74) is 0. The summed E-state index contributed by atoms with van der Waals surface area (Å²) in [6.07, 6.45) is 28.5. The quantitative estimate of drug-likeness (QED) is 0.0334. The fourth-order valence-corrected chi connectivity index (χ4v) is 6.74. The molecule has 1 fully saturated rings. The van der Waals surface area contributed by atoms with Gasteiger partial charge in [-0.2, -0.15) is 0 Å². The monoisotopic (exact) mass is 714 g/mol. The Bertz CT molecular complexity index is 797. The van der Waals surface area contributed by atoms with Gasteiger partial charge in [-0.3, -0.25) is 4.79 Å². The molecule has 0 aromatic rings. The van der Waals surface area contributed by atoms with Gasteiger partial charge in [0.2, 0.25) is 5.91 Å². The van der Waals surface area contributed by atoms with E-state index in [1.165, 1.54) is 128 Å². The molecule has 5 N–H and O–H groups in total. The van der Waals surface area contributed by atoms with Crippen LogP contribution >= 0.6 is 0 Å². The molecule has 296 valence electrons. The molecule has 0 aromatic heterocycles. The zero-order valence-electron chi connectivity index (χ0n) is 32.4. The van der Waals surface area contributed by atoms with Gasteiger partial charge in [-0.05, 0) is 19.3 Å². The summed E-state index contributed by atoms with van der Waals surface area (Å²) < 4.78 is 17.2. The van der Waals surface area contributed by atoms with Gasteiger partial charge in [0.1, 0.15) is 24.4 Å². The first kappa shape index (κ1) is 47.0. The van der Waals surface area contributed by atoms with Crippen molar-refractivity contribution in [3.05, 3.63) is 12.2 Å². The number of hydrogen-bond acceptors (Lipinski definition) is 8. The van der Waals surface area contributed by atoms with E-state index in [0.717, 1.165) is 32.1 Å². The molecular formula is C41H79NO8. The van der Waals surface area contributed by atoms with Crippen LogP contribution in [0.5, 0.6) is 0 Å². The SMILES string of the molecule is CCCCCCCCCCCCC/C=C/[C@H](OC)[C@H](CO[C@@H]1OC(CO)[C@@H](O)C(O)C1O)NC(=O)CCCCCCCCCCCCCCC. The van der Waals surface area contributed by atoms with Crippen molar-refractivity contribution in [2.75, 3.05) is 20.3 Å². The van der Waals surface area contributed by atoms with E-state index < -0.39 is 49.5 Å². The molecule has 0 bridgehead atoms. The standard InChI is InChI=1S/C41H79NO8/c1-4-6-8-10-12-14-16-18-20-22-24-26-28-30-35(48-3)34(33-49-41-40(47)39(46)38(45)36(32-43)50-41)42-37(44)31-29-27-25-23-21-19-17-15-13-11-9-7-5-2/h28,30,34-36,38-41,43,45-47H,4-27,29,31-33H2,1-3H3,(H,42,44)/b30-28+/t34-,35-,36?,38+,39?,40?,41+/m0/s1. The predicted octanol–water partition coefficient (Wildman–Crippen LogP) is 8.04. The highest BCUT2D eigenvalue weighted by Gasteiger charge is 2.44. The van der Waals surface area contributed by atoms with E-state index in [-0.39, 0.29) is 12.5 Å². The average molecular weight is 714 g/mol. The molecule has 0 saturated carbocycles. The van der Waals surface area contributed by atoms with Crippen molar-refractivity contribution in [1.29, 1.82) is 0 Å². The van der Waals surface area contributed by atoms with Crippen molar-refractivity contribution < 1.29 is 39.4 Å². The van der Waals surface area contributed by atoms with Gasteiger partial charge < -0.3 is 40.0 Å². The van der Waals surface area contributed by atoms with Gasteiger partial charge in [0, 0.05) is 13.5 Å². The zero-order chi connectivity index (χ0) is 36.7. The van der Waals surface area contributed by atoms with Gasteiger partial charge in [0.25, 0.3) is 0 Å². The number of amides is 1. The van der Waals surface area contributed by atoms with Gasteiger partial charge >= 0.3 is 0 Å². The maximum absolute atomic E-state index is 13.0. The van der Waals surface area contributed by atoms with Gasteiger partial charge in [0.15, 0.2) is 6.29 Å². The maximum Gasteiger partial charge on any atom is 0.220 e. The smallest absolute Gasteiger partial charge is 0.220 e. The van der Waals surface area contributed by atoms with Crippen LogP contribution in [0.1, 0.15) is 181 Å². The molecule has 50 heavy (non-hydrogen) atoms. The first-order valence-corrected chi connectivity index (χ1v) is 20.8. The molecule has 1 amide bonds. The number of unbranched alkanes of at least 4 members (excludes halogenated alkanes) is 23. The van der Waals surface area contributed by atoms with Crippen LogP contribution in [-0.4, -0.2) is 89.5 Å². The number of aliphatic hydroxyl groups excluding tert-OH is 4. The summed E-state index contributed by atoms with van der Waals surface area (Å²) in [7, 11) is 1.59. The molecule has 0 spiro atoms. The first-order valence-electron chi connectivity index (χ1n) is 20.8. The third-order valence-corrected chi connectivity index (χ3v) is 10.1. The molecule has 9 nitrogen and oxygen atoms in total. The minimum absolute atomic E-state index is 0.0473. The van der Waals surface area contributed by atoms with Crippen molar-refractivity contribution in [2.45, 2.75) is 224 Å². The summed E-state index contributed by atoms with van der Waals surface area (Å²) in [6.45, 7) is 3.93. The topological polar surface area (TPSA) is 138 Å². The number of aliphatic hydroxyl groups is 4. The summed E-state index contributed by atoms with van der Waals surface area (Å²) in [5, 5.41) is 43.4. The number of methoxy groups -OCH3 is 1. The van der Waals surface area contributed by atoms with Crippen LogP contribution in [0.25, 0.3) is 0 Å². The molecule has 1 heterocycles. The lowest BCUT2D eigenvalue weighted by Gasteiger charge is -2.40. The minimum atomic E-state index is -1.53. The van der Waals surface area contributed by atoms with Crippen LogP contribution in [0.2, 0.25) is 0 Å². The maximum atomic E-state index is 13.0. The fraction of sp³-hybridized carbons (Fsp3) is 0.927. The lowest BCUT2D eigenvalue weighted by atomic mass is 9.99. The molecule has 1 aliphatic heterocycles. The number of carbonyl (C=O) groups is 1. The number of ether oxygens (including phenoxy) is 3. The Balaban J connectivity index is 2.50. The Morgan fingerprint density at radius 3 is 1.60 bits per heavy atom. The van der Waals surface area contributed by atoms with Gasteiger partial charge in [-0.25, -0.2) is 0 Å². The third-order valence-electron chi connectivity index (χ3n) is 10.1. The third kappa shape index (κ3) is 22.8. The van der Waals surface area contributed by atoms with E-state index in [0.29, 0.717) is 6.42 Å². The molecule has 0 radical (unpaired) electrons. The fourth-order valence-electron chi connectivity index (χ4n) is 6.74. The molecule has 3 unspecified atom stereocenters. The molecule has 7 atom stereocenters. The highest BCUT2D eigenvalue weighted by atomic mass is 16.7. The van der Waals surface area contributed by atoms with Gasteiger partial charge in [0.05, 0.1) is 25.4 Å². The van der Waals surface area contributed by atoms with Crippen LogP contribution in [-0.2, 0) is 19.0 Å². The Morgan fingerprint density at radius 1 is 0.680 bits per heavy atom. The summed E-state index contributed by atoms with van der Waals surface area (Å²) in [4.78, 5) is 13.0. The second kappa shape index (κ2) is 32.6. The van der Waals surface area contributed by atoms with Crippen molar-refractivity contribution in [3.63, 3.8) is 0 Å². The minimum Gasteiger partial charge on any atom is -0.394 e. The zero-order valence-corrected chi connectivity index (χ0v) is 32.4. The summed E-state index contributed by atoms with van der Waals surface area (Å²) in [6, 6.07) is -0.560.